The van der Waals surface area contributed by atoms with Crippen molar-refractivity contribution in [3.63, 3.8) is 0 Å². The van der Waals surface area contributed by atoms with Crippen molar-refractivity contribution in [3.8, 4) is 0 Å². The molecular formula is C26H46N4O5. The molecule has 5 N–H and O–H groups in total. The highest BCUT2D eigenvalue weighted by atomic mass is 16.5. The molecule has 0 aliphatic carbocycles. The molecule has 0 fully saturated rings. The summed E-state index contributed by atoms with van der Waals surface area (Å²) in [6.07, 6.45) is 3.43. The molecule has 0 radical (unpaired) electrons. The molecule has 1 aromatic carbocycles. The first kappa shape index (κ1) is 34.2. The van der Waals surface area contributed by atoms with Gasteiger partial charge in [-0.25, -0.2) is 0 Å². The molecule has 9 heteroatoms. The number of carbonyl (C=O) groups is 4. The van der Waals surface area contributed by atoms with Crippen molar-refractivity contribution in [1.82, 2.24) is 10.6 Å². The number of rotatable bonds is 12. The van der Waals surface area contributed by atoms with Crippen LogP contribution in [0.1, 0.15) is 79.7 Å². The first-order valence-electron chi connectivity index (χ1n) is 12.4. The van der Waals surface area contributed by atoms with Crippen molar-refractivity contribution < 1.29 is 23.9 Å². The number of hydrogen-bond acceptors (Lipinski definition) is 6. The Hall–Kier alpha value is -2.94. The van der Waals surface area contributed by atoms with Gasteiger partial charge in [0.2, 0.25) is 17.7 Å². The van der Waals surface area contributed by atoms with Gasteiger partial charge in [0.1, 0.15) is 12.6 Å². The van der Waals surface area contributed by atoms with Crippen molar-refractivity contribution in [1.29, 1.82) is 0 Å². The SMILES string of the molecule is CC.CCCC(=O)NC(C(=O)NCC(=O)Nc1ccc(COC(C)=O)cc1)C(C)C.CCCCN. The molecule has 1 unspecified atom stereocenters. The third-order valence-electron chi connectivity index (χ3n) is 4.40. The molecule has 3 amide bonds. The zero-order valence-corrected chi connectivity index (χ0v) is 22.5. The number of benzene rings is 1. The van der Waals surface area contributed by atoms with Crippen LogP contribution < -0.4 is 21.7 Å². The highest BCUT2D eigenvalue weighted by Crippen LogP contribution is 2.10. The van der Waals surface area contributed by atoms with Crippen LogP contribution in [0.15, 0.2) is 24.3 Å². The Balaban J connectivity index is 0. The maximum atomic E-state index is 12.3. The summed E-state index contributed by atoms with van der Waals surface area (Å²) >= 11 is 0. The van der Waals surface area contributed by atoms with Crippen molar-refractivity contribution in [2.45, 2.75) is 86.8 Å². The monoisotopic (exact) mass is 494 g/mol. The van der Waals surface area contributed by atoms with E-state index in [1.54, 1.807) is 24.3 Å². The Morgan fingerprint density at radius 2 is 1.57 bits per heavy atom. The van der Waals surface area contributed by atoms with E-state index in [0.29, 0.717) is 18.5 Å². The Morgan fingerprint density at radius 1 is 0.971 bits per heavy atom. The Kier molecular flexibility index (Phi) is 21.1. The number of hydrogen-bond donors (Lipinski definition) is 4. The lowest BCUT2D eigenvalue weighted by atomic mass is 10.0. The van der Waals surface area contributed by atoms with Gasteiger partial charge in [0.05, 0.1) is 6.54 Å². The average molecular weight is 495 g/mol. The van der Waals surface area contributed by atoms with Gasteiger partial charge in [-0.05, 0) is 43.0 Å². The van der Waals surface area contributed by atoms with E-state index in [1.165, 1.54) is 19.8 Å². The number of nitrogens with one attached hydrogen (secondary N) is 3. The van der Waals surface area contributed by atoms with Gasteiger partial charge in [-0.15, -0.1) is 0 Å². The van der Waals surface area contributed by atoms with E-state index in [2.05, 4.69) is 22.9 Å². The summed E-state index contributed by atoms with van der Waals surface area (Å²) in [6.45, 7) is 13.8. The number of anilines is 1. The molecule has 0 heterocycles. The molecule has 1 atom stereocenters. The molecule has 0 aliphatic rings. The fourth-order valence-corrected chi connectivity index (χ4v) is 2.56. The minimum absolute atomic E-state index is 0.103. The molecule has 1 aromatic rings. The molecule has 200 valence electrons. The summed E-state index contributed by atoms with van der Waals surface area (Å²) in [7, 11) is 0. The van der Waals surface area contributed by atoms with Crippen LogP contribution in [0.4, 0.5) is 5.69 Å². The Bertz CT molecular complexity index is 734. The predicted octanol–water partition coefficient (Wildman–Crippen LogP) is 3.52. The Labute approximate surface area is 210 Å². The van der Waals surface area contributed by atoms with Crippen molar-refractivity contribution in [3.05, 3.63) is 29.8 Å². The molecule has 0 aromatic heterocycles. The van der Waals surface area contributed by atoms with E-state index in [0.717, 1.165) is 12.1 Å². The molecule has 0 aliphatic heterocycles. The molecule has 0 saturated carbocycles. The second-order valence-electron chi connectivity index (χ2n) is 7.92. The van der Waals surface area contributed by atoms with Crippen molar-refractivity contribution >= 4 is 29.4 Å². The van der Waals surface area contributed by atoms with Gasteiger partial charge in [0.25, 0.3) is 0 Å². The first-order valence-corrected chi connectivity index (χ1v) is 12.4. The van der Waals surface area contributed by atoms with Gasteiger partial charge >= 0.3 is 5.97 Å². The molecule has 0 bridgehead atoms. The lowest BCUT2D eigenvalue weighted by Crippen LogP contribution is -2.50. The normalized spacial score (nSPS) is 10.5. The van der Waals surface area contributed by atoms with E-state index < -0.39 is 11.9 Å². The zero-order valence-electron chi connectivity index (χ0n) is 22.5. The van der Waals surface area contributed by atoms with E-state index >= 15 is 0 Å². The Morgan fingerprint density at radius 3 is 2.00 bits per heavy atom. The average Bonchev–Trinajstić information content (AvgIpc) is 2.82. The summed E-state index contributed by atoms with van der Waals surface area (Å²) in [5.41, 5.74) is 6.49. The minimum atomic E-state index is -0.688. The third-order valence-corrected chi connectivity index (χ3v) is 4.40. The van der Waals surface area contributed by atoms with Crippen LogP contribution in [0.5, 0.6) is 0 Å². The van der Waals surface area contributed by atoms with Crippen LogP contribution >= 0.6 is 0 Å². The highest BCUT2D eigenvalue weighted by Gasteiger charge is 2.24. The molecular weight excluding hydrogens is 448 g/mol. The molecule has 1 rings (SSSR count). The highest BCUT2D eigenvalue weighted by molar-refractivity contribution is 5.96. The number of amides is 3. The lowest BCUT2D eigenvalue weighted by Gasteiger charge is -2.21. The number of esters is 1. The van der Waals surface area contributed by atoms with Crippen LogP contribution in [0.3, 0.4) is 0 Å². The number of carbonyl (C=O) groups excluding carboxylic acids is 4. The lowest BCUT2D eigenvalue weighted by molar-refractivity contribution is -0.142. The smallest absolute Gasteiger partial charge is 0.302 e. The van der Waals surface area contributed by atoms with Gasteiger partial charge < -0.3 is 26.4 Å². The summed E-state index contributed by atoms with van der Waals surface area (Å²) < 4.78 is 4.89. The number of ether oxygens (including phenoxy) is 1. The zero-order chi connectivity index (χ0) is 27.2. The fourth-order valence-electron chi connectivity index (χ4n) is 2.56. The molecule has 9 nitrogen and oxygen atoms in total. The van der Waals surface area contributed by atoms with Crippen LogP contribution in [0, 0.1) is 5.92 Å². The van der Waals surface area contributed by atoms with E-state index in [-0.39, 0.29) is 36.9 Å². The van der Waals surface area contributed by atoms with Crippen LogP contribution in [0.25, 0.3) is 0 Å². The van der Waals surface area contributed by atoms with Gasteiger partial charge in [-0.1, -0.05) is 60.1 Å². The van der Waals surface area contributed by atoms with Gasteiger partial charge in [-0.3, -0.25) is 19.2 Å². The van der Waals surface area contributed by atoms with Gasteiger partial charge in [-0.2, -0.15) is 0 Å². The van der Waals surface area contributed by atoms with E-state index in [4.69, 9.17) is 10.5 Å². The number of unbranched alkanes of at least 4 members (excludes halogenated alkanes) is 1. The quantitative estimate of drug-likeness (QED) is 0.328. The van der Waals surface area contributed by atoms with Crippen LogP contribution in [-0.2, 0) is 30.5 Å². The first-order chi connectivity index (χ1) is 16.6. The largest absolute Gasteiger partial charge is 0.461 e. The summed E-state index contributed by atoms with van der Waals surface area (Å²) in [5, 5.41) is 7.92. The van der Waals surface area contributed by atoms with E-state index in [1.807, 2.05) is 34.6 Å². The van der Waals surface area contributed by atoms with Crippen LogP contribution in [-0.4, -0.2) is 42.8 Å². The standard InChI is InChI=1S/C20H29N3O5.C4H11N.C2H6/c1-5-6-17(25)23-19(13(2)3)20(27)21-11-18(26)22-16-9-7-15(8-10-16)12-28-14(4)24;1-2-3-4-5;1-2/h7-10,13,19H,5-6,11-12H2,1-4H3,(H,21,27)(H,22,26)(H,23,25);2-5H2,1H3;1-2H3. The summed E-state index contributed by atoms with van der Waals surface area (Å²) in [5.74, 6) is -1.43. The second-order valence-corrected chi connectivity index (χ2v) is 7.92. The second kappa shape index (κ2) is 21.6. The number of nitrogens with two attached hydrogens (primary N) is 1. The van der Waals surface area contributed by atoms with Crippen molar-refractivity contribution in [2.24, 2.45) is 11.7 Å². The maximum absolute atomic E-state index is 12.3. The fraction of sp³-hybridized carbons (Fsp3) is 0.615. The van der Waals surface area contributed by atoms with Crippen molar-refractivity contribution in [2.75, 3.05) is 18.4 Å². The predicted molar refractivity (Wildman–Crippen MR) is 141 cm³/mol. The van der Waals surface area contributed by atoms with Gasteiger partial charge in [0.15, 0.2) is 0 Å². The summed E-state index contributed by atoms with van der Waals surface area (Å²) in [4.78, 5) is 46.9. The maximum Gasteiger partial charge on any atom is 0.302 e. The van der Waals surface area contributed by atoms with Crippen LogP contribution in [0.2, 0.25) is 0 Å². The molecule has 0 saturated heterocycles. The van der Waals surface area contributed by atoms with Gasteiger partial charge in [0, 0.05) is 19.0 Å². The summed E-state index contributed by atoms with van der Waals surface area (Å²) in [6, 6.07) is 6.14. The molecule has 0 spiro atoms. The van der Waals surface area contributed by atoms with E-state index in [9.17, 15) is 19.2 Å². The third kappa shape index (κ3) is 18.1. The molecule has 35 heavy (non-hydrogen) atoms. The minimum Gasteiger partial charge on any atom is -0.461 e. The topological polar surface area (TPSA) is 140 Å².